The summed E-state index contributed by atoms with van der Waals surface area (Å²) < 4.78 is 47.8. The quantitative estimate of drug-likeness (QED) is 0.699. The molecule has 0 fully saturated rings. The Morgan fingerprint density at radius 3 is 1.68 bits per heavy atom. The molecule has 5 nitrogen and oxygen atoms in total. The third-order valence-electron chi connectivity index (χ3n) is 3.48. The van der Waals surface area contributed by atoms with Gasteiger partial charge in [-0.1, -0.05) is 12.1 Å². The number of esters is 2. The average molecular weight is 357 g/mol. The summed E-state index contributed by atoms with van der Waals surface area (Å²) in [5.74, 6) is -1.46. The third kappa shape index (κ3) is 5.48. The zero-order valence-electron chi connectivity index (χ0n) is 13.9. The lowest BCUT2D eigenvalue weighted by Crippen LogP contribution is -2.32. The summed E-state index contributed by atoms with van der Waals surface area (Å²) in [7, 11) is 0. The second-order valence-electron chi connectivity index (χ2n) is 5.23. The van der Waals surface area contributed by atoms with Gasteiger partial charge in [-0.3, -0.25) is 9.59 Å². The van der Waals surface area contributed by atoms with Crippen molar-refractivity contribution in [2.45, 2.75) is 38.3 Å². The van der Waals surface area contributed by atoms with E-state index in [1.54, 1.807) is 13.8 Å². The number of carbonyl (C=O) groups is 2. The van der Waals surface area contributed by atoms with Gasteiger partial charge in [-0.25, -0.2) is 0 Å². The number of hydrogen-bond donors (Lipinski definition) is 0. The summed E-state index contributed by atoms with van der Waals surface area (Å²) >= 11 is 0. The number of nitriles is 1. The highest BCUT2D eigenvalue weighted by atomic mass is 19.4. The Bertz CT molecular complexity index is 627. The summed E-state index contributed by atoms with van der Waals surface area (Å²) in [4.78, 5) is 23.7. The Hall–Kier alpha value is -2.56. The summed E-state index contributed by atoms with van der Waals surface area (Å²) in [5.41, 5.74) is -2.44. The number of ether oxygens (including phenoxy) is 2. The summed E-state index contributed by atoms with van der Waals surface area (Å²) in [5, 5.41) is 9.61. The fraction of sp³-hybridized carbons (Fsp3) is 0.471. The second kappa shape index (κ2) is 8.51. The van der Waals surface area contributed by atoms with Crippen LogP contribution in [-0.4, -0.2) is 25.2 Å². The van der Waals surface area contributed by atoms with Crippen molar-refractivity contribution >= 4 is 11.9 Å². The molecule has 0 aliphatic heterocycles. The van der Waals surface area contributed by atoms with Crippen molar-refractivity contribution in [3.8, 4) is 6.07 Å². The topological polar surface area (TPSA) is 76.4 Å². The highest BCUT2D eigenvalue weighted by Crippen LogP contribution is 2.35. The molecule has 0 heterocycles. The maximum atomic E-state index is 12.7. The molecular formula is C17H18F3NO4. The molecule has 0 aliphatic carbocycles. The molecule has 0 aromatic heterocycles. The Morgan fingerprint density at radius 2 is 1.36 bits per heavy atom. The highest BCUT2D eigenvalue weighted by Gasteiger charge is 2.39. The van der Waals surface area contributed by atoms with E-state index in [0.29, 0.717) is 0 Å². The summed E-state index contributed by atoms with van der Waals surface area (Å²) in [6.45, 7) is 3.31. The van der Waals surface area contributed by atoms with Gasteiger partial charge in [-0.15, -0.1) is 0 Å². The number of hydrogen-bond acceptors (Lipinski definition) is 5. The fourth-order valence-electron chi connectivity index (χ4n) is 2.31. The molecule has 0 spiro atoms. The molecule has 0 unspecified atom stereocenters. The monoisotopic (exact) mass is 357 g/mol. The van der Waals surface area contributed by atoms with E-state index in [1.165, 1.54) is 0 Å². The van der Waals surface area contributed by atoms with Crippen LogP contribution in [0.5, 0.6) is 0 Å². The van der Waals surface area contributed by atoms with Crippen molar-refractivity contribution in [2.75, 3.05) is 13.2 Å². The molecule has 0 N–H and O–H groups in total. The summed E-state index contributed by atoms with van der Waals surface area (Å²) in [6.07, 6.45) is -5.47. The largest absolute Gasteiger partial charge is 0.466 e. The van der Waals surface area contributed by atoms with E-state index < -0.39 is 41.9 Å². The number of halogens is 3. The SMILES string of the molecule is CCOC(=O)CC(C#N)(CC(=O)OCC)c1ccc(C(F)(F)F)cc1. The van der Waals surface area contributed by atoms with Crippen molar-refractivity contribution in [3.63, 3.8) is 0 Å². The molecule has 0 amide bonds. The molecule has 25 heavy (non-hydrogen) atoms. The first-order valence-corrected chi connectivity index (χ1v) is 7.58. The molecule has 0 atom stereocenters. The molecule has 1 aromatic rings. The highest BCUT2D eigenvalue weighted by molar-refractivity contribution is 5.77. The van der Waals surface area contributed by atoms with Crippen LogP contribution >= 0.6 is 0 Å². The number of rotatable bonds is 7. The molecule has 1 rings (SSSR count). The van der Waals surface area contributed by atoms with Gasteiger partial charge >= 0.3 is 18.1 Å². The Kier molecular flexibility index (Phi) is 6.97. The molecular weight excluding hydrogens is 339 g/mol. The molecule has 0 aliphatic rings. The van der Waals surface area contributed by atoms with E-state index in [9.17, 15) is 28.0 Å². The van der Waals surface area contributed by atoms with Crippen LogP contribution in [-0.2, 0) is 30.7 Å². The van der Waals surface area contributed by atoms with Gasteiger partial charge in [-0.2, -0.15) is 18.4 Å². The number of carbonyl (C=O) groups excluding carboxylic acids is 2. The Morgan fingerprint density at radius 1 is 0.960 bits per heavy atom. The van der Waals surface area contributed by atoms with Crippen molar-refractivity contribution in [2.24, 2.45) is 0 Å². The van der Waals surface area contributed by atoms with Crippen LogP contribution in [0.2, 0.25) is 0 Å². The Labute approximate surface area is 143 Å². The number of nitrogens with zero attached hydrogens (tertiary/aromatic N) is 1. The number of alkyl halides is 3. The van der Waals surface area contributed by atoms with Gasteiger partial charge in [0.05, 0.1) is 37.7 Å². The molecule has 1 aromatic carbocycles. The van der Waals surface area contributed by atoms with Crippen LogP contribution in [0.1, 0.15) is 37.8 Å². The van der Waals surface area contributed by atoms with Gasteiger partial charge in [0, 0.05) is 0 Å². The van der Waals surface area contributed by atoms with Crippen molar-refractivity contribution < 1.29 is 32.2 Å². The van der Waals surface area contributed by atoms with Crippen LogP contribution in [0.15, 0.2) is 24.3 Å². The smallest absolute Gasteiger partial charge is 0.416 e. The predicted molar refractivity (Wildman–Crippen MR) is 81.2 cm³/mol. The molecule has 8 heteroatoms. The normalized spacial score (nSPS) is 11.5. The molecule has 0 saturated carbocycles. The summed E-state index contributed by atoms with van der Waals surface area (Å²) in [6, 6.07) is 5.67. The van der Waals surface area contributed by atoms with E-state index in [-0.39, 0.29) is 18.8 Å². The van der Waals surface area contributed by atoms with E-state index in [4.69, 9.17) is 9.47 Å². The molecule has 0 radical (unpaired) electrons. The maximum Gasteiger partial charge on any atom is 0.416 e. The van der Waals surface area contributed by atoms with Gasteiger partial charge in [0.25, 0.3) is 0 Å². The van der Waals surface area contributed by atoms with E-state index in [0.717, 1.165) is 24.3 Å². The first-order valence-electron chi connectivity index (χ1n) is 7.58. The Balaban J connectivity index is 3.26. The van der Waals surface area contributed by atoms with Gasteiger partial charge in [0.2, 0.25) is 0 Å². The fourth-order valence-corrected chi connectivity index (χ4v) is 2.31. The third-order valence-corrected chi connectivity index (χ3v) is 3.48. The second-order valence-corrected chi connectivity index (χ2v) is 5.23. The van der Waals surface area contributed by atoms with Gasteiger partial charge in [0.1, 0.15) is 5.41 Å². The minimum atomic E-state index is -4.53. The van der Waals surface area contributed by atoms with Gasteiger partial charge in [0.15, 0.2) is 0 Å². The van der Waals surface area contributed by atoms with Gasteiger partial charge < -0.3 is 9.47 Å². The minimum Gasteiger partial charge on any atom is -0.466 e. The predicted octanol–water partition coefficient (Wildman–Crippen LogP) is 3.37. The first kappa shape index (κ1) is 20.5. The zero-order chi connectivity index (χ0) is 19.1. The molecule has 0 saturated heterocycles. The molecule has 0 bridgehead atoms. The van der Waals surface area contributed by atoms with Gasteiger partial charge in [-0.05, 0) is 31.5 Å². The van der Waals surface area contributed by atoms with Crippen molar-refractivity contribution in [3.05, 3.63) is 35.4 Å². The van der Waals surface area contributed by atoms with E-state index in [2.05, 4.69) is 0 Å². The standard InChI is InChI=1S/C17H18F3NO4/c1-3-24-14(22)9-16(11-21,10-15(23)25-4-2)12-5-7-13(8-6-12)17(18,19)20/h5-8H,3-4,9-10H2,1-2H3. The minimum absolute atomic E-state index is 0.0762. The van der Waals surface area contributed by atoms with E-state index in [1.807, 2.05) is 6.07 Å². The van der Waals surface area contributed by atoms with Crippen LogP contribution < -0.4 is 0 Å². The van der Waals surface area contributed by atoms with Crippen LogP contribution in [0.4, 0.5) is 13.2 Å². The lowest BCUT2D eigenvalue weighted by atomic mass is 9.76. The van der Waals surface area contributed by atoms with Crippen molar-refractivity contribution in [1.82, 2.24) is 0 Å². The van der Waals surface area contributed by atoms with Crippen LogP contribution in [0.3, 0.4) is 0 Å². The van der Waals surface area contributed by atoms with E-state index >= 15 is 0 Å². The first-order chi connectivity index (χ1) is 11.7. The lowest BCUT2D eigenvalue weighted by molar-refractivity contribution is -0.147. The number of benzene rings is 1. The average Bonchev–Trinajstić information content (AvgIpc) is 2.54. The zero-order valence-corrected chi connectivity index (χ0v) is 13.9. The van der Waals surface area contributed by atoms with Crippen LogP contribution in [0, 0.1) is 11.3 Å². The van der Waals surface area contributed by atoms with Crippen LogP contribution in [0.25, 0.3) is 0 Å². The molecule has 136 valence electrons. The lowest BCUT2D eigenvalue weighted by Gasteiger charge is -2.25. The maximum absolute atomic E-state index is 12.7. The van der Waals surface area contributed by atoms with Crippen molar-refractivity contribution in [1.29, 1.82) is 5.26 Å².